The Morgan fingerprint density at radius 1 is 0.810 bits per heavy atom. The minimum atomic E-state index is 0.0907. The van der Waals surface area contributed by atoms with Crippen LogP contribution < -0.4 is 0 Å². The van der Waals surface area contributed by atoms with E-state index in [0.29, 0.717) is 5.92 Å². The van der Waals surface area contributed by atoms with E-state index in [4.69, 9.17) is 23.2 Å². The fraction of sp³-hybridized carbons (Fsp3) is 0.368. The van der Waals surface area contributed by atoms with E-state index in [1.165, 1.54) is 11.1 Å². The molecule has 0 radical (unpaired) electrons. The molecule has 0 spiro atoms. The molecule has 0 atom stereocenters. The second-order valence-corrected chi connectivity index (χ2v) is 7.65. The van der Waals surface area contributed by atoms with Gasteiger partial charge in [-0.1, -0.05) is 82.1 Å². The van der Waals surface area contributed by atoms with Crippen LogP contribution in [-0.2, 0) is 5.41 Å². The summed E-state index contributed by atoms with van der Waals surface area (Å²) < 4.78 is 0. The van der Waals surface area contributed by atoms with E-state index in [1.807, 2.05) is 12.1 Å². The molecule has 0 aliphatic rings. The highest BCUT2D eigenvalue weighted by molar-refractivity contribution is 6.36. The Balaban J connectivity index is 2.48. The summed E-state index contributed by atoms with van der Waals surface area (Å²) in [6, 6.07) is 12.5. The van der Waals surface area contributed by atoms with Crippen LogP contribution in [0, 0.1) is 0 Å². The molecule has 0 N–H and O–H groups in total. The number of benzene rings is 2. The highest BCUT2D eigenvalue weighted by atomic mass is 35.5. The van der Waals surface area contributed by atoms with Crippen molar-refractivity contribution in [1.29, 1.82) is 0 Å². The summed E-state index contributed by atoms with van der Waals surface area (Å²) >= 11 is 12.9. The minimum Gasteiger partial charge on any atom is -0.0837 e. The molecule has 2 heteroatoms. The highest BCUT2D eigenvalue weighted by Gasteiger charge is 2.16. The predicted octanol–water partition coefficient (Wildman–Crippen LogP) is 7.08. The first kappa shape index (κ1) is 16.4. The third-order valence-electron chi connectivity index (χ3n) is 3.79. The van der Waals surface area contributed by atoms with Crippen molar-refractivity contribution in [3.8, 4) is 11.1 Å². The lowest BCUT2D eigenvalue weighted by Gasteiger charge is -2.20. The maximum absolute atomic E-state index is 6.49. The van der Waals surface area contributed by atoms with Crippen molar-refractivity contribution < 1.29 is 0 Å². The van der Waals surface area contributed by atoms with Crippen LogP contribution in [0.4, 0.5) is 0 Å². The van der Waals surface area contributed by atoms with Gasteiger partial charge in [0, 0.05) is 21.2 Å². The van der Waals surface area contributed by atoms with E-state index in [-0.39, 0.29) is 5.41 Å². The zero-order valence-corrected chi connectivity index (χ0v) is 14.8. The zero-order chi connectivity index (χ0) is 15.8. The third-order valence-corrected chi connectivity index (χ3v) is 4.41. The van der Waals surface area contributed by atoms with Crippen LogP contribution in [0.1, 0.15) is 51.7 Å². The topological polar surface area (TPSA) is 0 Å². The molecule has 0 amide bonds. The van der Waals surface area contributed by atoms with E-state index in [2.05, 4.69) is 58.9 Å². The number of hydrogen-bond donors (Lipinski definition) is 0. The van der Waals surface area contributed by atoms with E-state index >= 15 is 0 Å². The number of rotatable bonds is 2. The van der Waals surface area contributed by atoms with Crippen LogP contribution >= 0.6 is 23.2 Å². The minimum absolute atomic E-state index is 0.0907. The standard InChI is InChI=1S/C19H22Cl2/c1-12(2)13-6-8-15(17(20)10-13)16-9-7-14(11-18(16)21)19(3,4)5/h6-12H,1-5H3. The van der Waals surface area contributed by atoms with Crippen molar-refractivity contribution in [3.63, 3.8) is 0 Å². The molecule has 0 saturated carbocycles. The van der Waals surface area contributed by atoms with Gasteiger partial charge in [-0.05, 0) is 34.6 Å². The maximum atomic E-state index is 6.49. The van der Waals surface area contributed by atoms with Gasteiger partial charge in [0.1, 0.15) is 0 Å². The van der Waals surface area contributed by atoms with Gasteiger partial charge in [0.05, 0.1) is 0 Å². The summed E-state index contributed by atoms with van der Waals surface area (Å²) in [5.41, 5.74) is 4.54. The van der Waals surface area contributed by atoms with Gasteiger partial charge in [-0.15, -0.1) is 0 Å². The molecule has 0 aliphatic carbocycles. The first-order valence-corrected chi connectivity index (χ1v) is 8.05. The molecular weight excluding hydrogens is 299 g/mol. The lowest BCUT2D eigenvalue weighted by molar-refractivity contribution is 0.590. The van der Waals surface area contributed by atoms with Crippen LogP contribution in [-0.4, -0.2) is 0 Å². The Labute approximate surface area is 138 Å². The molecule has 0 heterocycles. The Morgan fingerprint density at radius 3 is 1.76 bits per heavy atom. The van der Waals surface area contributed by atoms with Gasteiger partial charge in [-0.25, -0.2) is 0 Å². The summed E-state index contributed by atoms with van der Waals surface area (Å²) in [7, 11) is 0. The van der Waals surface area contributed by atoms with Crippen molar-refractivity contribution in [2.24, 2.45) is 0 Å². The summed E-state index contributed by atoms with van der Waals surface area (Å²) in [6.45, 7) is 10.9. The van der Waals surface area contributed by atoms with Crippen LogP contribution in [0.5, 0.6) is 0 Å². The Kier molecular flexibility index (Phi) is 4.70. The quantitative estimate of drug-likeness (QED) is 0.554. The second kappa shape index (κ2) is 6.02. The summed E-state index contributed by atoms with van der Waals surface area (Å²) in [5, 5.41) is 1.51. The van der Waals surface area contributed by atoms with Gasteiger partial charge in [0.25, 0.3) is 0 Å². The van der Waals surface area contributed by atoms with Gasteiger partial charge in [-0.2, -0.15) is 0 Å². The van der Waals surface area contributed by atoms with Crippen LogP contribution in [0.25, 0.3) is 11.1 Å². The largest absolute Gasteiger partial charge is 0.0837 e. The fourth-order valence-electron chi connectivity index (χ4n) is 2.31. The average Bonchev–Trinajstić information content (AvgIpc) is 2.38. The average molecular weight is 321 g/mol. The van der Waals surface area contributed by atoms with Crippen molar-refractivity contribution in [2.75, 3.05) is 0 Å². The summed E-state index contributed by atoms with van der Waals surface area (Å²) in [4.78, 5) is 0. The van der Waals surface area contributed by atoms with E-state index in [1.54, 1.807) is 0 Å². The summed E-state index contributed by atoms with van der Waals surface area (Å²) in [6.07, 6.45) is 0. The van der Waals surface area contributed by atoms with Gasteiger partial charge < -0.3 is 0 Å². The SMILES string of the molecule is CC(C)c1ccc(-c2ccc(C(C)(C)C)cc2Cl)c(Cl)c1. The van der Waals surface area contributed by atoms with Gasteiger partial charge in [0.15, 0.2) is 0 Å². The monoisotopic (exact) mass is 320 g/mol. The van der Waals surface area contributed by atoms with Gasteiger partial charge in [-0.3, -0.25) is 0 Å². The van der Waals surface area contributed by atoms with Crippen molar-refractivity contribution in [1.82, 2.24) is 0 Å². The Bertz CT molecular complexity index is 649. The van der Waals surface area contributed by atoms with Gasteiger partial charge >= 0.3 is 0 Å². The molecule has 0 aliphatic heterocycles. The van der Waals surface area contributed by atoms with E-state index in [9.17, 15) is 0 Å². The van der Waals surface area contributed by atoms with Crippen LogP contribution in [0.3, 0.4) is 0 Å². The van der Waals surface area contributed by atoms with Crippen LogP contribution in [0.2, 0.25) is 10.0 Å². The molecule has 0 aromatic heterocycles. The lowest BCUT2D eigenvalue weighted by atomic mass is 9.86. The molecule has 0 fully saturated rings. The van der Waals surface area contributed by atoms with Crippen LogP contribution in [0.15, 0.2) is 36.4 Å². The second-order valence-electron chi connectivity index (χ2n) is 6.84. The Hall–Kier alpha value is -0.980. The first-order chi connectivity index (χ1) is 9.70. The van der Waals surface area contributed by atoms with Crippen molar-refractivity contribution in [3.05, 3.63) is 57.6 Å². The van der Waals surface area contributed by atoms with Crippen molar-refractivity contribution >= 4 is 23.2 Å². The molecule has 2 aromatic carbocycles. The lowest BCUT2D eigenvalue weighted by Crippen LogP contribution is -2.10. The molecule has 21 heavy (non-hydrogen) atoms. The molecule has 0 unspecified atom stereocenters. The van der Waals surface area contributed by atoms with Gasteiger partial charge in [0.2, 0.25) is 0 Å². The zero-order valence-electron chi connectivity index (χ0n) is 13.3. The molecule has 2 rings (SSSR count). The molecule has 0 nitrogen and oxygen atoms in total. The molecule has 0 bridgehead atoms. The van der Waals surface area contributed by atoms with Crippen molar-refractivity contribution in [2.45, 2.75) is 46.0 Å². The smallest absolute Gasteiger partial charge is 0.0487 e. The number of halogens is 2. The maximum Gasteiger partial charge on any atom is 0.0487 e. The first-order valence-electron chi connectivity index (χ1n) is 7.30. The third kappa shape index (κ3) is 3.62. The fourth-order valence-corrected chi connectivity index (χ4v) is 2.88. The normalized spacial score (nSPS) is 12.0. The molecule has 112 valence electrons. The molecular formula is C19H22Cl2. The Morgan fingerprint density at radius 2 is 1.33 bits per heavy atom. The van der Waals surface area contributed by atoms with E-state index in [0.717, 1.165) is 21.2 Å². The predicted molar refractivity (Wildman–Crippen MR) is 94.7 cm³/mol. The number of hydrogen-bond acceptors (Lipinski definition) is 0. The van der Waals surface area contributed by atoms with E-state index < -0.39 is 0 Å². The highest BCUT2D eigenvalue weighted by Crippen LogP contribution is 2.37. The molecule has 0 saturated heterocycles. The molecule has 2 aromatic rings. The summed E-state index contributed by atoms with van der Waals surface area (Å²) in [5.74, 6) is 0.468.